The van der Waals surface area contributed by atoms with Gasteiger partial charge in [-0.15, -0.1) is 0 Å². The second kappa shape index (κ2) is 9.09. The van der Waals surface area contributed by atoms with Crippen molar-refractivity contribution >= 4 is 23.5 Å². The van der Waals surface area contributed by atoms with E-state index in [4.69, 9.17) is 15.2 Å². The van der Waals surface area contributed by atoms with E-state index in [-0.39, 0.29) is 17.0 Å². The van der Waals surface area contributed by atoms with Crippen molar-refractivity contribution in [1.29, 1.82) is 0 Å². The lowest BCUT2D eigenvalue weighted by Crippen LogP contribution is -2.31. The van der Waals surface area contributed by atoms with Gasteiger partial charge in [-0.1, -0.05) is 18.2 Å². The molecule has 3 N–H and O–H groups in total. The molecule has 0 unspecified atom stereocenters. The first-order chi connectivity index (χ1) is 13.6. The van der Waals surface area contributed by atoms with Crippen molar-refractivity contribution in [3.63, 3.8) is 0 Å². The summed E-state index contributed by atoms with van der Waals surface area (Å²) in [5.41, 5.74) is 4.23. The van der Waals surface area contributed by atoms with Crippen molar-refractivity contribution in [1.82, 2.24) is 0 Å². The average Bonchev–Trinajstić information content (AvgIpc) is 2.66. The highest BCUT2D eigenvalue weighted by atomic mass is 19.4. The Kier molecular flexibility index (Phi) is 6.81. The maximum Gasteiger partial charge on any atom is 0.416 e. The van der Waals surface area contributed by atoms with Crippen molar-refractivity contribution in [2.75, 3.05) is 11.9 Å². The summed E-state index contributed by atoms with van der Waals surface area (Å²) in [4.78, 5) is 35.2. The second-order valence-electron chi connectivity index (χ2n) is 5.85. The Balaban J connectivity index is 1.91. The lowest BCUT2D eigenvalue weighted by molar-refractivity contribution is -0.155. The van der Waals surface area contributed by atoms with Gasteiger partial charge in [0.15, 0.2) is 12.7 Å². The number of alkyl halides is 3. The van der Waals surface area contributed by atoms with E-state index in [1.165, 1.54) is 25.1 Å². The molecule has 2 rings (SSSR count). The Labute approximate surface area is 163 Å². The first kappa shape index (κ1) is 21.7. The number of carbonyl (C=O) groups excluding carboxylic acids is 3. The van der Waals surface area contributed by atoms with Gasteiger partial charge in [-0.25, -0.2) is 4.79 Å². The summed E-state index contributed by atoms with van der Waals surface area (Å²) < 4.78 is 48.2. The molecule has 0 aromatic heterocycles. The fraction of sp³-hybridized carbons (Fsp3) is 0.211. The standard InChI is InChI=1S/C19H17F3N2O5/c1-11(18(27)24-13-6-4-5-12(9-13)19(20,21)22)29-16(25)10-28-15-8-3-2-7-14(15)17(23)26/h2-9,11H,10H2,1H3,(H2,23,26)(H,24,27)/t11-/m0/s1. The van der Waals surface area contributed by atoms with Gasteiger partial charge in [-0.05, 0) is 37.3 Å². The quantitative estimate of drug-likeness (QED) is 0.683. The number of carbonyl (C=O) groups is 3. The number of hydrogen-bond acceptors (Lipinski definition) is 5. The van der Waals surface area contributed by atoms with Crippen LogP contribution in [0.4, 0.5) is 18.9 Å². The van der Waals surface area contributed by atoms with Crippen LogP contribution >= 0.6 is 0 Å². The van der Waals surface area contributed by atoms with Gasteiger partial charge in [0, 0.05) is 5.69 Å². The van der Waals surface area contributed by atoms with Crippen LogP contribution in [-0.2, 0) is 20.5 Å². The number of benzene rings is 2. The van der Waals surface area contributed by atoms with Crippen LogP contribution in [0.5, 0.6) is 5.75 Å². The van der Waals surface area contributed by atoms with E-state index >= 15 is 0 Å². The zero-order valence-corrected chi connectivity index (χ0v) is 15.2. The summed E-state index contributed by atoms with van der Waals surface area (Å²) in [5.74, 6) is -2.42. The van der Waals surface area contributed by atoms with Gasteiger partial charge in [0.25, 0.3) is 11.8 Å². The topological polar surface area (TPSA) is 108 Å². The Hall–Kier alpha value is -3.56. The van der Waals surface area contributed by atoms with Gasteiger partial charge in [-0.3, -0.25) is 9.59 Å². The molecule has 2 aromatic carbocycles. The number of hydrogen-bond donors (Lipinski definition) is 2. The molecule has 0 saturated heterocycles. The molecule has 29 heavy (non-hydrogen) atoms. The highest BCUT2D eigenvalue weighted by molar-refractivity contribution is 5.96. The molecule has 0 aliphatic heterocycles. The molecule has 7 nitrogen and oxygen atoms in total. The van der Waals surface area contributed by atoms with Crippen LogP contribution in [0.25, 0.3) is 0 Å². The number of ether oxygens (including phenoxy) is 2. The molecule has 1 atom stereocenters. The average molecular weight is 410 g/mol. The normalized spacial score (nSPS) is 12.0. The second-order valence-corrected chi connectivity index (χ2v) is 5.85. The SMILES string of the molecule is C[C@H](OC(=O)COc1ccccc1C(N)=O)C(=O)Nc1cccc(C(F)(F)F)c1. The molecule has 154 valence electrons. The van der Waals surface area contributed by atoms with Gasteiger partial charge in [0.1, 0.15) is 5.75 Å². The molecule has 0 saturated carbocycles. The number of amides is 2. The molecule has 0 radical (unpaired) electrons. The molecule has 0 spiro atoms. The highest BCUT2D eigenvalue weighted by Crippen LogP contribution is 2.30. The van der Waals surface area contributed by atoms with E-state index in [1.807, 2.05) is 0 Å². The largest absolute Gasteiger partial charge is 0.481 e. The number of nitrogens with one attached hydrogen (secondary N) is 1. The van der Waals surface area contributed by atoms with Crippen molar-refractivity contribution < 1.29 is 37.0 Å². The third kappa shape index (κ3) is 6.23. The molecule has 0 bridgehead atoms. The fourth-order valence-corrected chi connectivity index (χ4v) is 2.23. The molecular formula is C19H17F3N2O5. The van der Waals surface area contributed by atoms with Gasteiger partial charge in [-0.2, -0.15) is 13.2 Å². The number of primary amides is 1. The van der Waals surface area contributed by atoms with Crippen LogP contribution < -0.4 is 15.8 Å². The van der Waals surface area contributed by atoms with Gasteiger partial charge in [0.2, 0.25) is 0 Å². The van der Waals surface area contributed by atoms with Crippen molar-refractivity contribution in [3.8, 4) is 5.75 Å². The minimum atomic E-state index is -4.56. The van der Waals surface area contributed by atoms with E-state index < -0.39 is 42.2 Å². The zero-order valence-electron chi connectivity index (χ0n) is 15.2. The smallest absolute Gasteiger partial charge is 0.416 e. The summed E-state index contributed by atoms with van der Waals surface area (Å²) in [7, 11) is 0. The molecule has 2 aromatic rings. The minimum absolute atomic E-state index is 0.0654. The van der Waals surface area contributed by atoms with Crippen molar-refractivity contribution in [2.24, 2.45) is 5.73 Å². The monoisotopic (exact) mass is 410 g/mol. The molecule has 0 aliphatic carbocycles. The predicted octanol–water partition coefficient (Wildman–Crippen LogP) is 2.75. The Morgan fingerprint density at radius 3 is 2.45 bits per heavy atom. The molecule has 0 fully saturated rings. The van der Waals surface area contributed by atoms with Gasteiger partial charge >= 0.3 is 12.1 Å². The van der Waals surface area contributed by atoms with Crippen LogP contribution in [0.15, 0.2) is 48.5 Å². The number of halogens is 3. The van der Waals surface area contributed by atoms with Crippen LogP contribution in [0.3, 0.4) is 0 Å². The maximum absolute atomic E-state index is 12.7. The third-order valence-corrected chi connectivity index (χ3v) is 3.63. The summed E-state index contributed by atoms with van der Waals surface area (Å²) in [5, 5.41) is 2.24. The van der Waals surface area contributed by atoms with E-state index in [9.17, 15) is 27.6 Å². The lowest BCUT2D eigenvalue weighted by atomic mass is 10.2. The molecular weight excluding hydrogens is 393 g/mol. The molecule has 0 aliphatic rings. The number of anilines is 1. The Bertz CT molecular complexity index is 915. The molecule has 0 heterocycles. The van der Waals surface area contributed by atoms with Crippen LogP contribution in [0.2, 0.25) is 0 Å². The maximum atomic E-state index is 12.7. The Morgan fingerprint density at radius 2 is 1.79 bits per heavy atom. The molecule has 10 heteroatoms. The van der Waals surface area contributed by atoms with E-state index in [1.54, 1.807) is 12.1 Å². The number of rotatable bonds is 7. The van der Waals surface area contributed by atoms with Crippen LogP contribution in [0, 0.1) is 0 Å². The summed E-state index contributed by atoms with van der Waals surface area (Å²) in [6.07, 6.45) is -5.86. The van der Waals surface area contributed by atoms with Crippen molar-refractivity contribution in [2.45, 2.75) is 19.2 Å². The third-order valence-electron chi connectivity index (χ3n) is 3.63. The number of esters is 1. The van der Waals surface area contributed by atoms with E-state index in [0.29, 0.717) is 0 Å². The summed E-state index contributed by atoms with van der Waals surface area (Å²) in [6.45, 7) is 0.643. The zero-order chi connectivity index (χ0) is 21.6. The minimum Gasteiger partial charge on any atom is -0.481 e. The first-order valence-electron chi connectivity index (χ1n) is 8.27. The predicted molar refractivity (Wildman–Crippen MR) is 96.1 cm³/mol. The fourth-order valence-electron chi connectivity index (χ4n) is 2.23. The van der Waals surface area contributed by atoms with Crippen LogP contribution in [-0.4, -0.2) is 30.5 Å². The van der Waals surface area contributed by atoms with Gasteiger partial charge < -0.3 is 20.5 Å². The summed E-state index contributed by atoms with van der Waals surface area (Å²) in [6, 6.07) is 10.00. The van der Waals surface area contributed by atoms with Crippen molar-refractivity contribution in [3.05, 3.63) is 59.7 Å². The Morgan fingerprint density at radius 1 is 1.10 bits per heavy atom. The van der Waals surface area contributed by atoms with Crippen LogP contribution in [0.1, 0.15) is 22.8 Å². The van der Waals surface area contributed by atoms with Gasteiger partial charge in [0.05, 0.1) is 11.1 Å². The molecule has 2 amide bonds. The highest BCUT2D eigenvalue weighted by Gasteiger charge is 2.30. The van der Waals surface area contributed by atoms with E-state index in [0.717, 1.165) is 18.2 Å². The lowest BCUT2D eigenvalue weighted by Gasteiger charge is -2.15. The van der Waals surface area contributed by atoms with E-state index in [2.05, 4.69) is 5.32 Å². The first-order valence-corrected chi connectivity index (χ1v) is 8.27. The number of nitrogens with two attached hydrogens (primary N) is 1. The number of para-hydroxylation sites is 1. The summed E-state index contributed by atoms with van der Waals surface area (Å²) >= 11 is 0.